The molecule has 150 valence electrons. The highest BCUT2D eigenvalue weighted by Gasteiger charge is 2.22. The molecule has 1 aromatic carbocycles. The number of aryl methyl sites for hydroxylation is 1. The van der Waals surface area contributed by atoms with Gasteiger partial charge in [0.05, 0.1) is 17.7 Å². The van der Waals surface area contributed by atoms with Gasteiger partial charge in [0.15, 0.2) is 6.61 Å². The molecule has 1 heterocycles. The maximum absolute atomic E-state index is 12.2. The molecule has 1 N–H and O–H groups in total. The smallest absolute Gasteiger partial charge is 0.341 e. The summed E-state index contributed by atoms with van der Waals surface area (Å²) < 4.78 is 10.1. The second-order valence-electron chi connectivity index (χ2n) is 6.27. The molecule has 8 heteroatoms. The van der Waals surface area contributed by atoms with Gasteiger partial charge in [-0.25, -0.2) is 9.59 Å². The van der Waals surface area contributed by atoms with E-state index in [1.54, 1.807) is 38.1 Å². The number of hydrogen-bond acceptors (Lipinski definition) is 7. The van der Waals surface area contributed by atoms with E-state index in [0.717, 1.165) is 16.1 Å². The number of thiophene rings is 1. The predicted octanol–water partition coefficient (Wildman–Crippen LogP) is 3.40. The van der Waals surface area contributed by atoms with Crippen LogP contribution in [0.3, 0.4) is 0 Å². The van der Waals surface area contributed by atoms with Crippen molar-refractivity contribution in [1.29, 1.82) is 0 Å². The van der Waals surface area contributed by atoms with Gasteiger partial charge in [-0.1, -0.05) is 0 Å². The van der Waals surface area contributed by atoms with E-state index in [0.29, 0.717) is 16.1 Å². The molecule has 0 saturated carbocycles. The molecule has 0 atom stereocenters. The molecule has 0 unspecified atom stereocenters. The molecule has 2 aromatic rings. The number of benzene rings is 1. The first kappa shape index (κ1) is 21.4. The highest BCUT2D eigenvalue weighted by atomic mass is 32.1. The Morgan fingerprint density at radius 1 is 1.04 bits per heavy atom. The number of anilines is 2. The lowest BCUT2D eigenvalue weighted by Gasteiger charge is -2.12. The van der Waals surface area contributed by atoms with E-state index in [9.17, 15) is 14.4 Å². The molecule has 1 amide bonds. The summed E-state index contributed by atoms with van der Waals surface area (Å²) in [6.07, 6.45) is 0. The summed E-state index contributed by atoms with van der Waals surface area (Å²) in [6, 6.07) is 6.86. The minimum Gasteiger partial charge on any atom is -0.462 e. The third kappa shape index (κ3) is 5.10. The molecule has 1 aromatic heterocycles. The molecule has 0 aliphatic carbocycles. The lowest BCUT2D eigenvalue weighted by Crippen LogP contribution is -2.21. The van der Waals surface area contributed by atoms with Crippen molar-refractivity contribution in [3.8, 4) is 0 Å². The van der Waals surface area contributed by atoms with Crippen LogP contribution in [-0.4, -0.2) is 45.2 Å². The molecule has 0 spiro atoms. The second-order valence-corrected chi connectivity index (χ2v) is 7.50. The average Bonchev–Trinajstić information content (AvgIpc) is 2.93. The standard InChI is InChI=1S/C20H24N2O5S/c1-6-26-20(25)17-12(2)13(3)28-18(17)21-16(23)11-27-19(24)14-7-9-15(10-8-14)22(4)5/h7-10H,6,11H2,1-5H3,(H,21,23). The Morgan fingerprint density at radius 3 is 2.25 bits per heavy atom. The van der Waals surface area contributed by atoms with Crippen molar-refractivity contribution >= 4 is 39.9 Å². The fourth-order valence-corrected chi connectivity index (χ4v) is 3.50. The molecule has 0 fully saturated rings. The molecule has 0 aliphatic rings. The van der Waals surface area contributed by atoms with Crippen molar-refractivity contribution in [2.45, 2.75) is 20.8 Å². The molecule has 0 saturated heterocycles. The van der Waals surface area contributed by atoms with Crippen LogP contribution in [0.15, 0.2) is 24.3 Å². The van der Waals surface area contributed by atoms with Crippen molar-refractivity contribution in [2.24, 2.45) is 0 Å². The Bertz CT molecular complexity index is 871. The van der Waals surface area contributed by atoms with Crippen LogP contribution in [0.5, 0.6) is 0 Å². The molecule has 0 aliphatic heterocycles. The van der Waals surface area contributed by atoms with Crippen molar-refractivity contribution in [3.05, 3.63) is 45.8 Å². The largest absolute Gasteiger partial charge is 0.462 e. The molecule has 2 rings (SSSR count). The molecule has 28 heavy (non-hydrogen) atoms. The summed E-state index contributed by atoms with van der Waals surface area (Å²) in [5.74, 6) is -1.60. The zero-order valence-electron chi connectivity index (χ0n) is 16.6. The van der Waals surface area contributed by atoms with Gasteiger partial charge in [-0.3, -0.25) is 4.79 Å². The van der Waals surface area contributed by atoms with Gasteiger partial charge < -0.3 is 19.7 Å². The summed E-state index contributed by atoms with van der Waals surface area (Å²) in [5, 5.41) is 3.03. The van der Waals surface area contributed by atoms with Gasteiger partial charge in [0, 0.05) is 24.7 Å². The Balaban J connectivity index is 2.00. The SMILES string of the molecule is CCOC(=O)c1c(NC(=O)COC(=O)c2ccc(N(C)C)cc2)sc(C)c1C. The van der Waals surface area contributed by atoms with E-state index in [4.69, 9.17) is 9.47 Å². The van der Waals surface area contributed by atoms with Crippen molar-refractivity contribution in [3.63, 3.8) is 0 Å². The summed E-state index contributed by atoms with van der Waals surface area (Å²) in [7, 11) is 3.80. The third-order valence-electron chi connectivity index (χ3n) is 4.07. The average molecular weight is 404 g/mol. The Labute approximate surface area is 168 Å². The van der Waals surface area contributed by atoms with Gasteiger partial charge in [0.2, 0.25) is 0 Å². The number of esters is 2. The van der Waals surface area contributed by atoms with E-state index in [1.807, 2.05) is 25.9 Å². The number of carbonyl (C=O) groups is 3. The Morgan fingerprint density at radius 2 is 1.68 bits per heavy atom. The van der Waals surface area contributed by atoms with Gasteiger partial charge in [0.25, 0.3) is 5.91 Å². The second kappa shape index (κ2) is 9.36. The van der Waals surface area contributed by atoms with Crippen LogP contribution < -0.4 is 10.2 Å². The van der Waals surface area contributed by atoms with Crippen LogP contribution in [0, 0.1) is 13.8 Å². The first-order valence-corrected chi connectivity index (χ1v) is 9.57. The molecular formula is C20H24N2O5S. The fourth-order valence-electron chi connectivity index (χ4n) is 2.44. The van der Waals surface area contributed by atoms with E-state index in [2.05, 4.69) is 5.32 Å². The van der Waals surface area contributed by atoms with Crippen molar-refractivity contribution in [2.75, 3.05) is 37.5 Å². The number of hydrogen-bond donors (Lipinski definition) is 1. The van der Waals surface area contributed by atoms with E-state index < -0.39 is 24.5 Å². The number of rotatable bonds is 7. The van der Waals surface area contributed by atoms with Crippen LogP contribution in [0.2, 0.25) is 0 Å². The predicted molar refractivity (Wildman–Crippen MR) is 109 cm³/mol. The fraction of sp³-hybridized carbons (Fsp3) is 0.350. The van der Waals surface area contributed by atoms with Crippen LogP contribution in [-0.2, 0) is 14.3 Å². The first-order chi connectivity index (χ1) is 13.2. The lowest BCUT2D eigenvalue weighted by atomic mass is 10.1. The first-order valence-electron chi connectivity index (χ1n) is 8.76. The number of ether oxygens (including phenoxy) is 2. The number of amides is 1. The number of nitrogens with zero attached hydrogens (tertiary/aromatic N) is 1. The third-order valence-corrected chi connectivity index (χ3v) is 5.19. The van der Waals surface area contributed by atoms with Gasteiger partial charge in [-0.05, 0) is 50.6 Å². The minimum absolute atomic E-state index is 0.241. The minimum atomic E-state index is -0.593. The van der Waals surface area contributed by atoms with Crippen molar-refractivity contribution in [1.82, 2.24) is 0 Å². The quantitative estimate of drug-likeness (QED) is 0.712. The Kier molecular flexibility index (Phi) is 7.17. The highest BCUT2D eigenvalue weighted by molar-refractivity contribution is 7.16. The maximum Gasteiger partial charge on any atom is 0.341 e. The van der Waals surface area contributed by atoms with Crippen LogP contribution in [0.1, 0.15) is 38.1 Å². The summed E-state index contributed by atoms with van der Waals surface area (Å²) in [5.41, 5.74) is 2.40. The summed E-state index contributed by atoms with van der Waals surface area (Å²) >= 11 is 1.28. The van der Waals surface area contributed by atoms with Crippen molar-refractivity contribution < 1.29 is 23.9 Å². The molecule has 7 nitrogen and oxygen atoms in total. The maximum atomic E-state index is 12.2. The lowest BCUT2D eigenvalue weighted by molar-refractivity contribution is -0.119. The van der Waals surface area contributed by atoms with Gasteiger partial charge in [-0.15, -0.1) is 11.3 Å². The summed E-state index contributed by atoms with van der Waals surface area (Å²) in [6.45, 7) is 5.16. The number of nitrogens with one attached hydrogen (secondary N) is 1. The zero-order valence-corrected chi connectivity index (χ0v) is 17.4. The van der Waals surface area contributed by atoms with E-state index in [1.165, 1.54) is 11.3 Å². The van der Waals surface area contributed by atoms with Gasteiger partial charge in [-0.2, -0.15) is 0 Å². The van der Waals surface area contributed by atoms with Crippen LogP contribution in [0.25, 0.3) is 0 Å². The monoisotopic (exact) mass is 404 g/mol. The van der Waals surface area contributed by atoms with Gasteiger partial charge in [0.1, 0.15) is 5.00 Å². The molecular weight excluding hydrogens is 380 g/mol. The Hall–Kier alpha value is -2.87. The summed E-state index contributed by atoms with van der Waals surface area (Å²) in [4.78, 5) is 39.3. The van der Waals surface area contributed by atoms with E-state index >= 15 is 0 Å². The molecule has 0 radical (unpaired) electrons. The normalized spacial score (nSPS) is 10.3. The van der Waals surface area contributed by atoms with E-state index in [-0.39, 0.29) is 6.61 Å². The topological polar surface area (TPSA) is 84.9 Å². The van der Waals surface area contributed by atoms with Crippen LogP contribution in [0.4, 0.5) is 10.7 Å². The van der Waals surface area contributed by atoms with Crippen LogP contribution >= 0.6 is 11.3 Å². The zero-order chi connectivity index (χ0) is 20.8. The van der Waals surface area contributed by atoms with Gasteiger partial charge >= 0.3 is 11.9 Å². The molecule has 0 bridgehead atoms. The highest BCUT2D eigenvalue weighted by Crippen LogP contribution is 2.33. The number of carbonyl (C=O) groups excluding carboxylic acids is 3.